The minimum atomic E-state index is -0.326. The van der Waals surface area contributed by atoms with Gasteiger partial charge in [-0.2, -0.15) is 0 Å². The van der Waals surface area contributed by atoms with Crippen LogP contribution in [0.4, 0.5) is 0 Å². The summed E-state index contributed by atoms with van der Waals surface area (Å²) in [4.78, 5) is 10.3. The van der Waals surface area contributed by atoms with Gasteiger partial charge in [0.2, 0.25) is 0 Å². The standard InChI is InChI=1S/C7H10O2/c1-3-4-5-6-7(8)9-2/h3-6H,1-2H3/b4-3+,6-5-. The third kappa shape index (κ3) is 4.81. The van der Waals surface area contributed by atoms with Gasteiger partial charge in [-0.1, -0.05) is 18.2 Å². The van der Waals surface area contributed by atoms with E-state index in [2.05, 4.69) is 4.74 Å². The van der Waals surface area contributed by atoms with Gasteiger partial charge in [-0.3, -0.25) is 0 Å². The summed E-state index contributed by atoms with van der Waals surface area (Å²) in [6.07, 6.45) is 6.59. The first-order valence-corrected chi connectivity index (χ1v) is 2.68. The van der Waals surface area contributed by atoms with Crippen LogP contribution in [0.5, 0.6) is 0 Å². The van der Waals surface area contributed by atoms with Gasteiger partial charge in [-0.05, 0) is 6.92 Å². The normalized spacial score (nSPS) is 10.9. The van der Waals surface area contributed by atoms with Gasteiger partial charge >= 0.3 is 5.97 Å². The van der Waals surface area contributed by atoms with Crippen molar-refractivity contribution in [2.45, 2.75) is 6.92 Å². The van der Waals surface area contributed by atoms with Crippen LogP contribution >= 0.6 is 0 Å². The maximum atomic E-state index is 10.3. The van der Waals surface area contributed by atoms with E-state index >= 15 is 0 Å². The highest BCUT2D eigenvalue weighted by Gasteiger charge is 1.85. The molecule has 0 aliphatic rings. The number of hydrogen-bond donors (Lipinski definition) is 0. The van der Waals surface area contributed by atoms with Crippen molar-refractivity contribution in [2.75, 3.05) is 7.11 Å². The zero-order valence-corrected chi connectivity index (χ0v) is 5.63. The molecule has 9 heavy (non-hydrogen) atoms. The molecule has 0 aromatic heterocycles. The summed E-state index contributed by atoms with van der Waals surface area (Å²) >= 11 is 0. The Bertz CT molecular complexity index is 134. The van der Waals surface area contributed by atoms with Gasteiger partial charge in [0.15, 0.2) is 0 Å². The number of carbonyl (C=O) groups excluding carboxylic acids is 1. The molecule has 0 spiro atoms. The van der Waals surface area contributed by atoms with E-state index in [-0.39, 0.29) is 5.97 Å². The second-order valence-electron chi connectivity index (χ2n) is 1.41. The molecule has 0 heterocycles. The van der Waals surface area contributed by atoms with E-state index in [1.165, 1.54) is 13.2 Å². The monoisotopic (exact) mass is 126 g/mol. The summed E-state index contributed by atoms with van der Waals surface area (Å²) < 4.78 is 4.34. The van der Waals surface area contributed by atoms with Crippen LogP contribution in [0.1, 0.15) is 6.92 Å². The van der Waals surface area contributed by atoms with E-state index in [1.54, 1.807) is 12.2 Å². The van der Waals surface area contributed by atoms with Gasteiger partial charge < -0.3 is 4.74 Å². The first kappa shape index (κ1) is 7.95. The Labute approximate surface area is 54.8 Å². The number of ether oxygens (including phenoxy) is 1. The lowest BCUT2D eigenvalue weighted by atomic mass is 10.4. The van der Waals surface area contributed by atoms with Gasteiger partial charge in [0.25, 0.3) is 0 Å². The fraction of sp³-hybridized carbons (Fsp3) is 0.286. The van der Waals surface area contributed by atoms with Crippen LogP contribution in [-0.4, -0.2) is 13.1 Å². The van der Waals surface area contributed by atoms with Crippen molar-refractivity contribution in [1.29, 1.82) is 0 Å². The number of rotatable bonds is 2. The molecule has 0 N–H and O–H groups in total. The van der Waals surface area contributed by atoms with E-state index < -0.39 is 0 Å². The molecule has 0 saturated heterocycles. The van der Waals surface area contributed by atoms with Crippen molar-refractivity contribution in [1.82, 2.24) is 0 Å². The van der Waals surface area contributed by atoms with Crippen LogP contribution < -0.4 is 0 Å². The Balaban J connectivity index is 3.57. The van der Waals surface area contributed by atoms with Crippen LogP contribution in [0.25, 0.3) is 0 Å². The molecule has 0 aliphatic heterocycles. The summed E-state index contributed by atoms with van der Waals surface area (Å²) in [6, 6.07) is 0. The fourth-order valence-electron chi connectivity index (χ4n) is 0.313. The summed E-state index contributed by atoms with van der Waals surface area (Å²) in [5, 5.41) is 0. The molecule has 0 aromatic rings. The van der Waals surface area contributed by atoms with E-state index in [9.17, 15) is 4.79 Å². The molecule has 0 amide bonds. The van der Waals surface area contributed by atoms with Crippen LogP contribution in [0.2, 0.25) is 0 Å². The van der Waals surface area contributed by atoms with Crippen molar-refractivity contribution in [3.63, 3.8) is 0 Å². The third-order valence-corrected chi connectivity index (χ3v) is 0.737. The smallest absolute Gasteiger partial charge is 0.330 e. The lowest BCUT2D eigenvalue weighted by molar-refractivity contribution is -0.134. The molecule has 2 nitrogen and oxygen atoms in total. The Hall–Kier alpha value is -1.05. The highest BCUT2D eigenvalue weighted by atomic mass is 16.5. The van der Waals surface area contributed by atoms with Gasteiger partial charge in [-0.25, -0.2) is 4.79 Å². The largest absolute Gasteiger partial charge is 0.466 e. The minimum absolute atomic E-state index is 0.326. The van der Waals surface area contributed by atoms with E-state index in [4.69, 9.17) is 0 Å². The van der Waals surface area contributed by atoms with Crippen LogP contribution in [0.3, 0.4) is 0 Å². The SMILES string of the molecule is C/C=C/C=C\C(=O)OC. The molecule has 0 aromatic carbocycles. The third-order valence-electron chi connectivity index (χ3n) is 0.737. The second kappa shape index (κ2) is 5.09. The van der Waals surface area contributed by atoms with Crippen molar-refractivity contribution >= 4 is 5.97 Å². The summed E-state index contributed by atoms with van der Waals surface area (Å²) in [5.41, 5.74) is 0. The molecule has 0 saturated carbocycles. The molecular weight excluding hydrogens is 116 g/mol. The summed E-state index contributed by atoms with van der Waals surface area (Å²) in [5.74, 6) is -0.326. The zero-order valence-electron chi connectivity index (χ0n) is 5.63. The molecular formula is C7H10O2. The van der Waals surface area contributed by atoms with Gasteiger partial charge in [-0.15, -0.1) is 0 Å². The lowest BCUT2D eigenvalue weighted by Crippen LogP contribution is -1.92. The highest BCUT2D eigenvalue weighted by molar-refractivity contribution is 5.82. The topological polar surface area (TPSA) is 26.3 Å². The molecule has 0 unspecified atom stereocenters. The number of methoxy groups -OCH3 is 1. The molecule has 50 valence electrons. The van der Waals surface area contributed by atoms with Gasteiger partial charge in [0.05, 0.1) is 7.11 Å². The Kier molecular flexibility index (Phi) is 4.50. The Morgan fingerprint density at radius 3 is 2.56 bits per heavy atom. The predicted octanol–water partition coefficient (Wildman–Crippen LogP) is 1.29. The van der Waals surface area contributed by atoms with Crippen LogP contribution in [0.15, 0.2) is 24.3 Å². The Morgan fingerprint density at radius 1 is 1.44 bits per heavy atom. The molecule has 0 atom stereocenters. The highest BCUT2D eigenvalue weighted by Crippen LogP contribution is 1.78. The number of carbonyl (C=O) groups is 1. The van der Waals surface area contributed by atoms with Crippen molar-refractivity contribution in [3.05, 3.63) is 24.3 Å². The molecule has 0 bridgehead atoms. The molecule has 0 aliphatic carbocycles. The number of hydrogen-bond acceptors (Lipinski definition) is 2. The average Bonchev–Trinajstić information content (AvgIpc) is 1.89. The van der Waals surface area contributed by atoms with Crippen LogP contribution in [0, 0.1) is 0 Å². The maximum absolute atomic E-state index is 10.3. The van der Waals surface area contributed by atoms with Crippen molar-refractivity contribution in [3.8, 4) is 0 Å². The first-order valence-electron chi connectivity index (χ1n) is 2.68. The maximum Gasteiger partial charge on any atom is 0.330 e. The van der Waals surface area contributed by atoms with E-state index in [1.807, 2.05) is 13.0 Å². The van der Waals surface area contributed by atoms with Crippen molar-refractivity contribution in [2.24, 2.45) is 0 Å². The molecule has 0 radical (unpaired) electrons. The average molecular weight is 126 g/mol. The molecule has 0 rings (SSSR count). The number of esters is 1. The predicted molar refractivity (Wildman–Crippen MR) is 36.0 cm³/mol. The molecule has 2 heteroatoms. The van der Waals surface area contributed by atoms with Gasteiger partial charge in [0.1, 0.15) is 0 Å². The second-order valence-corrected chi connectivity index (χ2v) is 1.41. The zero-order chi connectivity index (χ0) is 7.11. The first-order chi connectivity index (χ1) is 4.31. The molecule has 0 fully saturated rings. The summed E-state index contributed by atoms with van der Waals surface area (Å²) in [6.45, 7) is 1.88. The van der Waals surface area contributed by atoms with Crippen LogP contribution in [-0.2, 0) is 9.53 Å². The van der Waals surface area contributed by atoms with Crippen molar-refractivity contribution < 1.29 is 9.53 Å². The Morgan fingerprint density at radius 2 is 2.11 bits per heavy atom. The van der Waals surface area contributed by atoms with E-state index in [0.29, 0.717) is 0 Å². The number of allylic oxidation sites excluding steroid dienone is 3. The minimum Gasteiger partial charge on any atom is -0.466 e. The summed E-state index contributed by atoms with van der Waals surface area (Å²) in [7, 11) is 1.35. The quantitative estimate of drug-likeness (QED) is 0.316. The lowest BCUT2D eigenvalue weighted by Gasteiger charge is -1.85. The van der Waals surface area contributed by atoms with E-state index in [0.717, 1.165) is 0 Å². The fourth-order valence-corrected chi connectivity index (χ4v) is 0.313. The van der Waals surface area contributed by atoms with Gasteiger partial charge in [0, 0.05) is 6.08 Å².